The SMILES string of the molecule is CC(CCN)N(C)C(=O)c1ccn(C)n1. The number of carbonyl (C=O) groups is 1. The fraction of sp³-hybridized carbons (Fsp3) is 0.600. The van der Waals surface area contributed by atoms with Gasteiger partial charge in [0.15, 0.2) is 0 Å². The van der Waals surface area contributed by atoms with Crippen molar-refractivity contribution in [2.24, 2.45) is 12.8 Å². The van der Waals surface area contributed by atoms with Crippen molar-refractivity contribution >= 4 is 5.91 Å². The minimum absolute atomic E-state index is 0.0587. The van der Waals surface area contributed by atoms with Gasteiger partial charge in [0.25, 0.3) is 5.91 Å². The maximum Gasteiger partial charge on any atom is 0.274 e. The molecule has 1 amide bonds. The van der Waals surface area contributed by atoms with Crippen molar-refractivity contribution in [3.05, 3.63) is 18.0 Å². The van der Waals surface area contributed by atoms with E-state index in [9.17, 15) is 4.79 Å². The van der Waals surface area contributed by atoms with Gasteiger partial charge in [-0.25, -0.2) is 0 Å². The summed E-state index contributed by atoms with van der Waals surface area (Å²) in [6.45, 7) is 2.56. The van der Waals surface area contributed by atoms with E-state index in [0.717, 1.165) is 6.42 Å². The van der Waals surface area contributed by atoms with E-state index in [2.05, 4.69) is 5.10 Å². The zero-order valence-electron chi connectivity index (χ0n) is 9.47. The Morgan fingerprint density at radius 1 is 1.73 bits per heavy atom. The highest BCUT2D eigenvalue weighted by Gasteiger charge is 2.18. The second-order valence-corrected chi connectivity index (χ2v) is 3.72. The topological polar surface area (TPSA) is 64.2 Å². The van der Waals surface area contributed by atoms with Crippen LogP contribution in [0.3, 0.4) is 0 Å². The van der Waals surface area contributed by atoms with Gasteiger partial charge in [0.05, 0.1) is 0 Å². The van der Waals surface area contributed by atoms with Crippen molar-refractivity contribution in [2.75, 3.05) is 13.6 Å². The standard InChI is InChI=1S/C10H18N4O/c1-8(4-6-11)14(3)10(15)9-5-7-13(2)12-9/h5,7-8H,4,6,11H2,1-3H3. The largest absolute Gasteiger partial charge is 0.338 e. The van der Waals surface area contributed by atoms with Gasteiger partial charge in [-0.15, -0.1) is 0 Å². The zero-order chi connectivity index (χ0) is 11.4. The van der Waals surface area contributed by atoms with E-state index in [-0.39, 0.29) is 11.9 Å². The molecule has 0 bridgehead atoms. The smallest absolute Gasteiger partial charge is 0.274 e. The van der Waals surface area contributed by atoms with Gasteiger partial charge in [0.1, 0.15) is 5.69 Å². The van der Waals surface area contributed by atoms with Gasteiger partial charge in [-0.1, -0.05) is 0 Å². The van der Waals surface area contributed by atoms with E-state index in [1.54, 1.807) is 35.9 Å². The summed E-state index contributed by atoms with van der Waals surface area (Å²) in [6.07, 6.45) is 2.56. The van der Waals surface area contributed by atoms with E-state index >= 15 is 0 Å². The quantitative estimate of drug-likeness (QED) is 0.773. The Balaban J connectivity index is 2.68. The van der Waals surface area contributed by atoms with Gasteiger partial charge in [0.2, 0.25) is 0 Å². The number of aromatic nitrogens is 2. The Hall–Kier alpha value is -1.36. The predicted molar refractivity (Wildman–Crippen MR) is 58.4 cm³/mol. The molecule has 1 rings (SSSR count). The van der Waals surface area contributed by atoms with Crippen molar-refractivity contribution < 1.29 is 4.79 Å². The van der Waals surface area contributed by atoms with Crippen LogP contribution in [-0.4, -0.2) is 40.2 Å². The molecule has 0 fully saturated rings. The third-order valence-corrected chi connectivity index (χ3v) is 2.50. The number of nitrogens with zero attached hydrogens (tertiary/aromatic N) is 3. The highest BCUT2D eigenvalue weighted by molar-refractivity contribution is 5.92. The highest BCUT2D eigenvalue weighted by atomic mass is 16.2. The molecule has 1 aromatic heterocycles. The Morgan fingerprint density at radius 2 is 2.40 bits per heavy atom. The molecular formula is C10H18N4O. The lowest BCUT2D eigenvalue weighted by Crippen LogP contribution is -2.36. The fourth-order valence-corrected chi connectivity index (χ4v) is 1.34. The molecule has 1 heterocycles. The van der Waals surface area contributed by atoms with Crippen LogP contribution in [0.4, 0.5) is 0 Å². The molecular weight excluding hydrogens is 192 g/mol. The number of hydrogen-bond acceptors (Lipinski definition) is 3. The lowest BCUT2D eigenvalue weighted by atomic mass is 10.2. The molecule has 1 aromatic rings. The Morgan fingerprint density at radius 3 is 2.87 bits per heavy atom. The van der Waals surface area contributed by atoms with Crippen molar-refractivity contribution in [3.63, 3.8) is 0 Å². The van der Waals surface area contributed by atoms with Crippen LogP contribution in [0.15, 0.2) is 12.3 Å². The second kappa shape index (κ2) is 4.93. The van der Waals surface area contributed by atoms with Gasteiger partial charge in [-0.3, -0.25) is 9.48 Å². The monoisotopic (exact) mass is 210 g/mol. The van der Waals surface area contributed by atoms with Crippen molar-refractivity contribution in [1.29, 1.82) is 0 Å². The van der Waals surface area contributed by atoms with Gasteiger partial charge in [-0.05, 0) is 26.0 Å². The molecule has 0 aliphatic carbocycles. The predicted octanol–water partition coefficient (Wildman–Crippen LogP) is 0.229. The molecule has 5 heteroatoms. The molecule has 1 unspecified atom stereocenters. The van der Waals surface area contributed by atoms with Crippen molar-refractivity contribution in [2.45, 2.75) is 19.4 Å². The van der Waals surface area contributed by atoms with Gasteiger partial charge < -0.3 is 10.6 Å². The normalized spacial score (nSPS) is 12.5. The number of aryl methyl sites for hydroxylation is 1. The molecule has 15 heavy (non-hydrogen) atoms. The summed E-state index contributed by atoms with van der Waals surface area (Å²) in [5.74, 6) is -0.0587. The third kappa shape index (κ3) is 2.79. The lowest BCUT2D eigenvalue weighted by Gasteiger charge is -2.23. The molecule has 0 aliphatic rings. The molecule has 0 spiro atoms. The maximum absolute atomic E-state index is 11.9. The third-order valence-electron chi connectivity index (χ3n) is 2.50. The average Bonchev–Trinajstić information content (AvgIpc) is 2.63. The number of hydrogen-bond donors (Lipinski definition) is 1. The van der Waals surface area contributed by atoms with E-state index in [1.165, 1.54) is 0 Å². The first-order valence-electron chi connectivity index (χ1n) is 5.03. The molecule has 84 valence electrons. The average molecular weight is 210 g/mol. The first kappa shape index (κ1) is 11.7. The maximum atomic E-state index is 11.9. The molecule has 0 aliphatic heterocycles. The summed E-state index contributed by atoms with van der Waals surface area (Å²) < 4.78 is 1.62. The molecule has 1 atom stereocenters. The van der Waals surface area contributed by atoms with E-state index in [0.29, 0.717) is 12.2 Å². The van der Waals surface area contributed by atoms with Crippen LogP contribution in [0.25, 0.3) is 0 Å². The van der Waals surface area contributed by atoms with E-state index in [1.807, 2.05) is 6.92 Å². The van der Waals surface area contributed by atoms with Crippen LogP contribution < -0.4 is 5.73 Å². The number of carbonyl (C=O) groups excluding carboxylic acids is 1. The molecule has 0 saturated heterocycles. The van der Waals surface area contributed by atoms with Crippen LogP contribution in [0.2, 0.25) is 0 Å². The number of amides is 1. The Labute approximate surface area is 89.9 Å². The van der Waals surface area contributed by atoms with E-state index in [4.69, 9.17) is 5.73 Å². The minimum Gasteiger partial charge on any atom is -0.338 e. The summed E-state index contributed by atoms with van der Waals surface area (Å²) in [7, 11) is 3.57. The zero-order valence-corrected chi connectivity index (χ0v) is 9.47. The summed E-state index contributed by atoms with van der Waals surface area (Å²) in [4.78, 5) is 13.6. The van der Waals surface area contributed by atoms with Gasteiger partial charge in [-0.2, -0.15) is 5.10 Å². The first-order valence-corrected chi connectivity index (χ1v) is 5.03. The Bertz CT molecular complexity index is 334. The van der Waals surface area contributed by atoms with Crippen LogP contribution in [0, 0.1) is 0 Å². The second-order valence-electron chi connectivity index (χ2n) is 3.72. The summed E-state index contributed by atoms with van der Waals surface area (Å²) >= 11 is 0. The summed E-state index contributed by atoms with van der Waals surface area (Å²) in [5.41, 5.74) is 5.93. The molecule has 5 nitrogen and oxygen atoms in total. The molecule has 0 aromatic carbocycles. The number of nitrogens with two attached hydrogens (primary N) is 1. The molecule has 0 radical (unpaired) electrons. The summed E-state index contributed by atoms with van der Waals surface area (Å²) in [5, 5.41) is 4.07. The van der Waals surface area contributed by atoms with Crippen LogP contribution >= 0.6 is 0 Å². The van der Waals surface area contributed by atoms with Gasteiger partial charge >= 0.3 is 0 Å². The minimum atomic E-state index is -0.0587. The summed E-state index contributed by atoms with van der Waals surface area (Å²) in [6, 6.07) is 1.86. The molecule has 2 N–H and O–H groups in total. The van der Waals surface area contributed by atoms with Gasteiger partial charge in [0, 0.05) is 26.3 Å². The fourth-order valence-electron chi connectivity index (χ4n) is 1.34. The van der Waals surface area contributed by atoms with Crippen molar-refractivity contribution in [1.82, 2.24) is 14.7 Å². The number of rotatable bonds is 4. The van der Waals surface area contributed by atoms with E-state index < -0.39 is 0 Å². The van der Waals surface area contributed by atoms with Crippen LogP contribution in [0.1, 0.15) is 23.8 Å². The van der Waals surface area contributed by atoms with Crippen molar-refractivity contribution in [3.8, 4) is 0 Å². The lowest BCUT2D eigenvalue weighted by molar-refractivity contribution is 0.0732. The highest BCUT2D eigenvalue weighted by Crippen LogP contribution is 2.06. The first-order chi connectivity index (χ1) is 7.06. The molecule has 0 saturated carbocycles. The Kier molecular flexibility index (Phi) is 3.85. The van der Waals surface area contributed by atoms with Crippen LogP contribution in [-0.2, 0) is 7.05 Å². The van der Waals surface area contributed by atoms with Crippen LogP contribution in [0.5, 0.6) is 0 Å².